The van der Waals surface area contributed by atoms with Gasteiger partial charge in [0.2, 0.25) is 5.75 Å². The SMILES string of the molecule is CCCCCOc1c(OCc2ccccc2)cc2oc(-c3ccc(OC)c(OC)c3)cc(=O)c2c1OC. The van der Waals surface area contributed by atoms with Gasteiger partial charge in [0.25, 0.3) is 0 Å². The van der Waals surface area contributed by atoms with Gasteiger partial charge in [-0.25, -0.2) is 0 Å². The van der Waals surface area contributed by atoms with Crippen LogP contribution in [0.4, 0.5) is 0 Å². The molecule has 0 aliphatic carbocycles. The third-order valence-corrected chi connectivity index (χ3v) is 6.00. The molecule has 0 saturated carbocycles. The summed E-state index contributed by atoms with van der Waals surface area (Å²) in [6.07, 6.45) is 2.98. The van der Waals surface area contributed by atoms with Crippen LogP contribution in [0.1, 0.15) is 31.7 Å². The van der Waals surface area contributed by atoms with Gasteiger partial charge in [0.1, 0.15) is 23.3 Å². The Morgan fingerprint density at radius 1 is 0.757 bits per heavy atom. The Labute approximate surface area is 216 Å². The molecular weight excluding hydrogens is 472 g/mol. The fourth-order valence-electron chi connectivity index (χ4n) is 4.08. The highest BCUT2D eigenvalue weighted by Crippen LogP contribution is 2.44. The van der Waals surface area contributed by atoms with Crippen molar-refractivity contribution >= 4 is 11.0 Å². The van der Waals surface area contributed by atoms with Crippen molar-refractivity contribution in [2.75, 3.05) is 27.9 Å². The molecule has 0 atom stereocenters. The maximum atomic E-state index is 13.4. The summed E-state index contributed by atoms with van der Waals surface area (Å²) in [5.41, 5.74) is 1.75. The van der Waals surface area contributed by atoms with E-state index in [0.29, 0.717) is 64.3 Å². The summed E-state index contributed by atoms with van der Waals surface area (Å²) in [6, 6.07) is 18.3. The van der Waals surface area contributed by atoms with E-state index >= 15 is 0 Å². The largest absolute Gasteiger partial charge is 0.493 e. The molecule has 0 N–H and O–H groups in total. The van der Waals surface area contributed by atoms with E-state index < -0.39 is 0 Å². The van der Waals surface area contributed by atoms with Crippen LogP contribution in [0.15, 0.2) is 69.9 Å². The van der Waals surface area contributed by atoms with Gasteiger partial charge in [-0.1, -0.05) is 50.1 Å². The van der Waals surface area contributed by atoms with E-state index in [1.807, 2.05) is 30.3 Å². The van der Waals surface area contributed by atoms with Crippen molar-refractivity contribution in [3.63, 3.8) is 0 Å². The Morgan fingerprint density at radius 3 is 2.24 bits per heavy atom. The normalized spacial score (nSPS) is 10.8. The number of hydrogen-bond donors (Lipinski definition) is 0. The number of unbranched alkanes of at least 4 members (excludes halogenated alkanes) is 2. The minimum Gasteiger partial charge on any atom is -0.493 e. The van der Waals surface area contributed by atoms with Gasteiger partial charge in [0, 0.05) is 17.7 Å². The van der Waals surface area contributed by atoms with Crippen molar-refractivity contribution in [2.24, 2.45) is 0 Å². The smallest absolute Gasteiger partial charge is 0.204 e. The Morgan fingerprint density at radius 2 is 1.54 bits per heavy atom. The average molecular weight is 505 g/mol. The molecule has 0 radical (unpaired) electrons. The van der Waals surface area contributed by atoms with Crippen LogP contribution in [-0.2, 0) is 6.61 Å². The highest BCUT2D eigenvalue weighted by atomic mass is 16.5. The molecule has 0 saturated heterocycles. The topological polar surface area (TPSA) is 76.4 Å². The first-order valence-electron chi connectivity index (χ1n) is 12.3. The number of methoxy groups -OCH3 is 3. The van der Waals surface area contributed by atoms with Gasteiger partial charge in [0.15, 0.2) is 28.4 Å². The summed E-state index contributed by atoms with van der Waals surface area (Å²) in [4.78, 5) is 13.4. The molecule has 37 heavy (non-hydrogen) atoms. The van der Waals surface area contributed by atoms with E-state index in [-0.39, 0.29) is 5.43 Å². The lowest BCUT2D eigenvalue weighted by atomic mass is 10.1. The maximum absolute atomic E-state index is 13.4. The van der Waals surface area contributed by atoms with Crippen molar-refractivity contribution in [1.29, 1.82) is 0 Å². The Bertz CT molecular complexity index is 1390. The van der Waals surface area contributed by atoms with Crippen LogP contribution in [0.3, 0.4) is 0 Å². The summed E-state index contributed by atoms with van der Waals surface area (Å²) >= 11 is 0. The van der Waals surface area contributed by atoms with Gasteiger partial charge in [0.05, 0.1) is 27.9 Å². The van der Waals surface area contributed by atoms with Crippen LogP contribution in [-0.4, -0.2) is 27.9 Å². The van der Waals surface area contributed by atoms with Gasteiger partial charge in [-0.3, -0.25) is 4.79 Å². The standard InChI is InChI=1S/C30H32O7/c1-5-6-10-15-35-29-27(36-19-20-11-8-7-9-12-20)18-26-28(30(29)34-4)22(31)17-24(37-26)21-13-14-23(32-2)25(16-21)33-3/h7-9,11-14,16-18H,5-6,10,15,19H2,1-4H3. The minimum atomic E-state index is -0.254. The number of hydrogen-bond acceptors (Lipinski definition) is 7. The number of ether oxygens (including phenoxy) is 5. The lowest BCUT2D eigenvalue weighted by Gasteiger charge is -2.18. The summed E-state index contributed by atoms with van der Waals surface area (Å²) < 4.78 is 35.0. The van der Waals surface area contributed by atoms with Crippen LogP contribution >= 0.6 is 0 Å². The fourth-order valence-corrected chi connectivity index (χ4v) is 4.08. The number of rotatable bonds is 12. The van der Waals surface area contributed by atoms with E-state index in [2.05, 4.69) is 6.92 Å². The van der Waals surface area contributed by atoms with Crippen molar-refractivity contribution in [2.45, 2.75) is 32.8 Å². The second kappa shape index (κ2) is 12.2. The first kappa shape index (κ1) is 25.9. The molecule has 7 nitrogen and oxygen atoms in total. The highest BCUT2D eigenvalue weighted by molar-refractivity contribution is 5.90. The third-order valence-electron chi connectivity index (χ3n) is 6.00. The fraction of sp³-hybridized carbons (Fsp3) is 0.300. The molecule has 0 spiro atoms. The average Bonchev–Trinajstić information content (AvgIpc) is 2.93. The molecule has 194 valence electrons. The first-order valence-corrected chi connectivity index (χ1v) is 12.3. The quantitative estimate of drug-likeness (QED) is 0.200. The van der Waals surface area contributed by atoms with Crippen LogP contribution in [0.2, 0.25) is 0 Å². The predicted molar refractivity (Wildman–Crippen MR) is 143 cm³/mol. The lowest BCUT2D eigenvalue weighted by Crippen LogP contribution is -2.08. The molecule has 4 rings (SSSR count). The number of benzene rings is 3. The zero-order chi connectivity index (χ0) is 26.2. The summed E-state index contributed by atoms with van der Waals surface area (Å²) in [6.45, 7) is 2.93. The molecule has 1 heterocycles. The Balaban J connectivity index is 1.82. The van der Waals surface area contributed by atoms with E-state index in [1.165, 1.54) is 13.2 Å². The summed E-state index contributed by atoms with van der Waals surface area (Å²) in [7, 11) is 4.64. The van der Waals surface area contributed by atoms with Crippen molar-refractivity contribution in [3.8, 4) is 40.1 Å². The second-order valence-corrected chi connectivity index (χ2v) is 8.48. The molecule has 0 bridgehead atoms. The van der Waals surface area contributed by atoms with E-state index in [9.17, 15) is 4.79 Å². The van der Waals surface area contributed by atoms with E-state index in [0.717, 1.165) is 24.8 Å². The molecule has 1 aromatic heterocycles. The lowest BCUT2D eigenvalue weighted by molar-refractivity contribution is 0.247. The van der Waals surface area contributed by atoms with Crippen LogP contribution in [0.25, 0.3) is 22.3 Å². The molecule has 0 aliphatic heterocycles. The van der Waals surface area contributed by atoms with Crippen molar-refractivity contribution in [1.82, 2.24) is 0 Å². The molecule has 0 aliphatic rings. The van der Waals surface area contributed by atoms with Gasteiger partial charge < -0.3 is 28.1 Å². The van der Waals surface area contributed by atoms with Gasteiger partial charge in [-0.15, -0.1) is 0 Å². The monoisotopic (exact) mass is 504 g/mol. The minimum absolute atomic E-state index is 0.254. The van der Waals surface area contributed by atoms with Gasteiger partial charge in [-0.05, 0) is 30.2 Å². The van der Waals surface area contributed by atoms with Crippen molar-refractivity contribution in [3.05, 3.63) is 76.5 Å². The summed E-state index contributed by atoms with van der Waals surface area (Å²) in [5, 5.41) is 0.296. The second-order valence-electron chi connectivity index (χ2n) is 8.48. The molecule has 3 aromatic carbocycles. The number of fused-ring (bicyclic) bond motifs is 1. The Kier molecular flexibility index (Phi) is 8.56. The zero-order valence-corrected chi connectivity index (χ0v) is 21.7. The molecule has 7 heteroatoms. The molecule has 4 aromatic rings. The molecule has 0 fully saturated rings. The molecular formula is C30H32O7. The first-order chi connectivity index (χ1) is 18.1. The van der Waals surface area contributed by atoms with E-state index in [4.69, 9.17) is 28.1 Å². The van der Waals surface area contributed by atoms with Crippen LogP contribution in [0, 0.1) is 0 Å². The zero-order valence-electron chi connectivity index (χ0n) is 21.7. The van der Waals surface area contributed by atoms with Gasteiger partial charge >= 0.3 is 0 Å². The van der Waals surface area contributed by atoms with Gasteiger partial charge in [-0.2, -0.15) is 0 Å². The Hall–Kier alpha value is -4.13. The van der Waals surface area contributed by atoms with Crippen LogP contribution < -0.4 is 29.1 Å². The van der Waals surface area contributed by atoms with Crippen molar-refractivity contribution < 1.29 is 28.1 Å². The molecule has 0 unspecified atom stereocenters. The van der Waals surface area contributed by atoms with E-state index in [1.54, 1.807) is 38.5 Å². The molecule has 0 amide bonds. The predicted octanol–water partition coefficient (Wildman–Crippen LogP) is 6.63. The highest BCUT2D eigenvalue weighted by Gasteiger charge is 2.22. The third kappa shape index (κ3) is 5.82. The van der Waals surface area contributed by atoms with Crippen LogP contribution in [0.5, 0.6) is 28.7 Å². The maximum Gasteiger partial charge on any atom is 0.204 e. The summed E-state index contributed by atoms with van der Waals surface area (Å²) in [5.74, 6) is 2.63.